The van der Waals surface area contributed by atoms with E-state index in [9.17, 15) is 19.5 Å². The Morgan fingerprint density at radius 2 is 1.94 bits per heavy atom. The topological polar surface area (TPSA) is 112 Å². The summed E-state index contributed by atoms with van der Waals surface area (Å²) in [5.74, 6) is 0.290. The van der Waals surface area contributed by atoms with Gasteiger partial charge in [0.15, 0.2) is 12.1 Å². The predicted octanol–water partition coefficient (Wildman–Crippen LogP) is 2.50. The minimum Gasteiger partial charge on any atom is -0.507 e. The van der Waals surface area contributed by atoms with Crippen LogP contribution in [0, 0.1) is 0 Å². The van der Waals surface area contributed by atoms with E-state index in [1.807, 2.05) is 6.07 Å². The van der Waals surface area contributed by atoms with Gasteiger partial charge in [-0.1, -0.05) is 12.1 Å². The molecular weight excluding hydrogens is 404 g/mol. The molecule has 1 N–H and O–H groups in total. The first-order valence-electron chi connectivity index (χ1n) is 9.95. The fourth-order valence-electron chi connectivity index (χ4n) is 2.73. The van der Waals surface area contributed by atoms with Gasteiger partial charge in [-0.05, 0) is 36.2 Å². The van der Waals surface area contributed by atoms with Crippen LogP contribution in [-0.4, -0.2) is 55.7 Å². The molecule has 1 fully saturated rings. The van der Waals surface area contributed by atoms with Crippen molar-refractivity contribution in [1.29, 1.82) is 0 Å². The van der Waals surface area contributed by atoms with Crippen LogP contribution in [0.2, 0.25) is 0 Å². The molecule has 31 heavy (non-hydrogen) atoms. The third-order valence-electron chi connectivity index (χ3n) is 4.45. The average Bonchev–Trinajstić information content (AvgIpc) is 3.59. The molecule has 0 spiro atoms. The molecule has 1 aliphatic heterocycles. The van der Waals surface area contributed by atoms with Crippen molar-refractivity contribution >= 4 is 18.0 Å². The maximum absolute atomic E-state index is 12.2. The minimum atomic E-state index is -0.271. The first kappa shape index (κ1) is 22.3. The predicted molar refractivity (Wildman–Crippen MR) is 110 cm³/mol. The largest absolute Gasteiger partial charge is 0.507 e. The lowest BCUT2D eigenvalue weighted by Crippen LogP contribution is -2.14. The van der Waals surface area contributed by atoms with Gasteiger partial charge in [0.25, 0.3) is 0 Å². The smallest absolute Gasteiger partial charge is 0.306 e. The summed E-state index contributed by atoms with van der Waals surface area (Å²) in [5, 5.41) is 9.65. The molecule has 8 heteroatoms. The molecule has 0 aromatic heterocycles. The summed E-state index contributed by atoms with van der Waals surface area (Å²) in [6.07, 6.45) is 1.55. The van der Waals surface area contributed by atoms with Gasteiger partial charge in [-0.2, -0.15) is 0 Å². The van der Waals surface area contributed by atoms with E-state index < -0.39 is 0 Å². The van der Waals surface area contributed by atoms with Crippen molar-refractivity contribution in [2.45, 2.75) is 25.4 Å². The molecule has 1 saturated heterocycles. The second-order valence-electron chi connectivity index (χ2n) is 7.08. The van der Waals surface area contributed by atoms with Crippen LogP contribution in [0.25, 0.3) is 0 Å². The number of aldehydes is 1. The number of aromatic hydroxyl groups is 1. The van der Waals surface area contributed by atoms with Crippen molar-refractivity contribution in [3.63, 3.8) is 0 Å². The highest BCUT2D eigenvalue weighted by Gasteiger charge is 2.24. The molecule has 2 aromatic carbocycles. The van der Waals surface area contributed by atoms with Gasteiger partial charge >= 0.3 is 5.97 Å². The molecule has 1 atom stereocenters. The number of Topliss-reactive ketones (excluding diaryl/α,β-unsaturated/α-hetero) is 1. The fourth-order valence-corrected chi connectivity index (χ4v) is 2.73. The van der Waals surface area contributed by atoms with Crippen LogP contribution in [0.4, 0.5) is 0 Å². The normalized spacial score (nSPS) is 14.5. The lowest BCUT2D eigenvalue weighted by molar-refractivity contribution is -0.144. The van der Waals surface area contributed by atoms with Gasteiger partial charge in [0.1, 0.15) is 36.6 Å². The van der Waals surface area contributed by atoms with E-state index in [-0.39, 0.29) is 48.6 Å². The number of carbonyl (C=O) groups excluding carboxylic acids is 3. The first-order chi connectivity index (χ1) is 15.0. The zero-order chi connectivity index (χ0) is 22.1. The highest BCUT2D eigenvalue weighted by Crippen LogP contribution is 2.22. The van der Waals surface area contributed by atoms with Crippen LogP contribution in [0.3, 0.4) is 0 Å². The van der Waals surface area contributed by atoms with Crippen LogP contribution in [0.1, 0.15) is 28.8 Å². The minimum absolute atomic E-state index is 0.0613. The van der Waals surface area contributed by atoms with Crippen LogP contribution >= 0.6 is 0 Å². The monoisotopic (exact) mass is 428 g/mol. The summed E-state index contributed by atoms with van der Waals surface area (Å²) in [6, 6.07) is 11.4. The summed E-state index contributed by atoms with van der Waals surface area (Å²) in [6.45, 7) is 1.15. The fraction of sp³-hybridized carbons (Fsp3) is 0.348. The number of epoxide rings is 1. The van der Waals surface area contributed by atoms with E-state index in [4.69, 9.17) is 18.9 Å². The zero-order valence-corrected chi connectivity index (χ0v) is 17.0. The third kappa shape index (κ3) is 7.75. The Labute approximate surface area is 179 Å². The molecule has 1 aliphatic rings. The number of hydrogen-bond acceptors (Lipinski definition) is 8. The van der Waals surface area contributed by atoms with Crippen molar-refractivity contribution < 1.29 is 38.4 Å². The maximum Gasteiger partial charge on any atom is 0.306 e. The summed E-state index contributed by atoms with van der Waals surface area (Å²) >= 11 is 0. The van der Waals surface area contributed by atoms with Gasteiger partial charge in [0.2, 0.25) is 0 Å². The zero-order valence-electron chi connectivity index (χ0n) is 17.0. The number of benzene rings is 2. The molecule has 0 aliphatic carbocycles. The molecule has 1 unspecified atom stereocenters. The van der Waals surface area contributed by atoms with E-state index in [0.29, 0.717) is 44.0 Å². The first-order valence-corrected chi connectivity index (χ1v) is 9.95. The van der Waals surface area contributed by atoms with Crippen molar-refractivity contribution in [2.24, 2.45) is 0 Å². The number of hydrogen-bond donors (Lipinski definition) is 1. The van der Waals surface area contributed by atoms with Crippen LogP contribution in [0.15, 0.2) is 42.5 Å². The number of phenols is 1. The van der Waals surface area contributed by atoms with E-state index >= 15 is 0 Å². The van der Waals surface area contributed by atoms with Crippen molar-refractivity contribution in [1.82, 2.24) is 0 Å². The van der Waals surface area contributed by atoms with Gasteiger partial charge in [0.05, 0.1) is 18.8 Å². The molecule has 0 amide bonds. The molecule has 0 radical (unpaired) electrons. The van der Waals surface area contributed by atoms with Gasteiger partial charge in [-0.3, -0.25) is 14.4 Å². The number of carbonyl (C=O) groups is 3. The maximum atomic E-state index is 12.2. The summed E-state index contributed by atoms with van der Waals surface area (Å²) in [4.78, 5) is 34.5. The molecule has 1 heterocycles. The lowest BCUT2D eigenvalue weighted by atomic mass is 10.1. The standard InChI is InChI=1S/C23H24O8/c24-12-17-6-7-20(11-22(17)26)29-13-18(25)9-16-3-1-4-19(10-16)28-8-2-5-23(27)31-15-21-14-30-21/h1,3-4,6-7,10-12,21,26H,2,5,8-9,13-15H2. The average molecular weight is 428 g/mol. The van der Waals surface area contributed by atoms with Gasteiger partial charge in [0, 0.05) is 18.9 Å². The number of rotatable bonds is 13. The lowest BCUT2D eigenvalue weighted by Gasteiger charge is -2.09. The Balaban J connectivity index is 1.37. The van der Waals surface area contributed by atoms with Crippen molar-refractivity contribution in [3.8, 4) is 17.2 Å². The molecule has 2 aromatic rings. The van der Waals surface area contributed by atoms with Crippen molar-refractivity contribution in [3.05, 3.63) is 53.6 Å². The van der Waals surface area contributed by atoms with Gasteiger partial charge in [-0.15, -0.1) is 0 Å². The Morgan fingerprint density at radius 3 is 2.68 bits per heavy atom. The molecular formula is C23H24O8. The highest BCUT2D eigenvalue weighted by molar-refractivity contribution is 5.82. The van der Waals surface area contributed by atoms with Crippen LogP contribution in [-0.2, 0) is 25.5 Å². The Kier molecular flexibility index (Phi) is 8.00. The molecule has 8 nitrogen and oxygen atoms in total. The third-order valence-corrected chi connectivity index (χ3v) is 4.45. The number of ether oxygens (including phenoxy) is 4. The summed E-state index contributed by atoms with van der Waals surface area (Å²) in [5.41, 5.74) is 0.925. The second kappa shape index (κ2) is 11.1. The Morgan fingerprint density at radius 1 is 1.13 bits per heavy atom. The van der Waals surface area contributed by atoms with E-state index in [2.05, 4.69) is 0 Å². The van der Waals surface area contributed by atoms with E-state index in [0.717, 1.165) is 5.56 Å². The van der Waals surface area contributed by atoms with Crippen molar-refractivity contribution in [2.75, 3.05) is 26.4 Å². The number of ketones is 1. The quantitative estimate of drug-likeness (QED) is 0.224. The molecule has 0 saturated carbocycles. The van der Waals surface area contributed by atoms with E-state index in [1.54, 1.807) is 18.2 Å². The molecule has 3 rings (SSSR count). The number of esters is 1. The summed E-state index contributed by atoms with van der Waals surface area (Å²) < 4.78 is 21.1. The Hall–Kier alpha value is -3.39. The van der Waals surface area contributed by atoms with E-state index in [1.165, 1.54) is 18.2 Å². The summed E-state index contributed by atoms with van der Waals surface area (Å²) in [7, 11) is 0. The van der Waals surface area contributed by atoms with Crippen LogP contribution in [0.5, 0.6) is 17.2 Å². The second-order valence-corrected chi connectivity index (χ2v) is 7.08. The van der Waals surface area contributed by atoms with Gasteiger partial charge < -0.3 is 24.1 Å². The Bertz CT molecular complexity index is 920. The highest BCUT2D eigenvalue weighted by atomic mass is 16.6. The number of phenolic OH excluding ortho intramolecular Hbond substituents is 1. The SMILES string of the molecule is O=Cc1ccc(OCC(=O)Cc2cccc(OCCCC(=O)OCC3CO3)c2)cc1O. The molecule has 164 valence electrons. The van der Waals surface area contributed by atoms with Crippen LogP contribution < -0.4 is 9.47 Å². The van der Waals surface area contributed by atoms with Gasteiger partial charge in [-0.25, -0.2) is 0 Å². The molecule has 0 bridgehead atoms.